The maximum absolute atomic E-state index is 14.6. The van der Waals surface area contributed by atoms with Crippen LogP contribution in [0.3, 0.4) is 0 Å². The molecule has 0 aliphatic carbocycles. The van der Waals surface area contributed by atoms with Gasteiger partial charge in [-0.1, -0.05) is 23.8 Å². The van der Waals surface area contributed by atoms with E-state index in [9.17, 15) is 9.18 Å². The molecular formula is C23H22FN3OS. The first-order chi connectivity index (χ1) is 14.0. The number of nitrogens with zero attached hydrogens (tertiary/aromatic N) is 2. The van der Waals surface area contributed by atoms with E-state index in [4.69, 9.17) is 4.99 Å². The number of fused-ring (bicyclic) bond motifs is 1. The smallest absolute Gasteiger partial charge is 0.252 e. The molecule has 2 heterocycles. The Balaban J connectivity index is 1.67. The van der Waals surface area contributed by atoms with E-state index in [0.717, 1.165) is 16.8 Å². The largest absolute Gasteiger partial charge is 0.367 e. The first-order valence-corrected chi connectivity index (χ1v) is 10.4. The van der Waals surface area contributed by atoms with Gasteiger partial charge in [-0.15, -0.1) is 0 Å². The van der Waals surface area contributed by atoms with E-state index < -0.39 is 0 Å². The number of benzene rings is 2. The summed E-state index contributed by atoms with van der Waals surface area (Å²) in [6.45, 7) is 2.92. The van der Waals surface area contributed by atoms with Crippen molar-refractivity contribution in [1.82, 2.24) is 5.32 Å². The van der Waals surface area contributed by atoms with Gasteiger partial charge in [-0.2, -0.15) is 11.3 Å². The summed E-state index contributed by atoms with van der Waals surface area (Å²) in [7, 11) is 2.00. The third kappa shape index (κ3) is 3.93. The van der Waals surface area contributed by atoms with Gasteiger partial charge >= 0.3 is 0 Å². The Bertz CT molecular complexity index is 1060. The van der Waals surface area contributed by atoms with Crippen molar-refractivity contribution < 1.29 is 9.18 Å². The van der Waals surface area contributed by atoms with Crippen molar-refractivity contribution >= 4 is 28.6 Å². The fourth-order valence-corrected chi connectivity index (χ4v) is 4.18. The normalized spacial score (nSPS) is 16.0. The van der Waals surface area contributed by atoms with Crippen molar-refractivity contribution in [2.24, 2.45) is 4.99 Å². The summed E-state index contributed by atoms with van der Waals surface area (Å²) < 4.78 is 14.6. The average molecular weight is 408 g/mol. The van der Waals surface area contributed by atoms with Gasteiger partial charge in [0.05, 0.1) is 18.3 Å². The number of hydrogen-bond donors (Lipinski definition) is 1. The molecule has 0 bridgehead atoms. The Morgan fingerprint density at radius 1 is 1.24 bits per heavy atom. The second-order valence-corrected chi connectivity index (χ2v) is 7.96. The average Bonchev–Trinajstić information content (AvgIpc) is 3.22. The molecule has 1 aromatic heterocycles. The molecule has 6 heteroatoms. The topological polar surface area (TPSA) is 44.7 Å². The molecule has 1 atom stereocenters. The lowest BCUT2D eigenvalue weighted by Gasteiger charge is -2.29. The highest BCUT2D eigenvalue weighted by Crippen LogP contribution is 2.29. The molecule has 148 valence electrons. The monoisotopic (exact) mass is 407 g/mol. The fourth-order valence-electron chi connectivity index (χ4n) is 3.54. The predicted octanol–water partition coefficient (Wildman–Crippen LogP) is 4.28. The van der Waals surface area contributed by atoms with Crippen LogP contribution in [0.15, 0.2) is 64.3 Å². The van der Waals surface area contributed by atoms with Crippen molar-refractivity contribution in [3.8, 4) is 0 Å². The molecule has 4 rings (SSSR count). The van der Waals surface area contributed by atoms with Crippen LogP contribution in [0.2, 0.25) is 0 Å². The molecule has 4 nitrogen and oxygen atoms in total. The van der Waals surface area contributed by atoms with E-state index in [-0.39, 0.29) is 17.8 Å². The first kappa shape index (κ1) is 19.3. The van der Waals surface area contributed by atoms with E-state index in [1.165, 1.54) is 17.4 Å². The second-order valence-electron chi connectivity index (χ2n) is 7.18. The third-order valence-corrected chi connectivity index (χ3v) is 5.89. The Labute approximate surface area is 173 Å². The number of anilines is 1. The van der Waals surface area contributed by atoms with Gasteiger partial charge in [0.2, 0.25) is 0 Å². The number of amides is 1. The number of rotatable bonds is 4. The van der Waals surface area contributed by atoms with Crippen LogP contribution < -0.4 is 10.2 Å². The van der Waals surface area contributed by atoms with E-state index in [1.807, 2.05) is 55.1 Å². The van der Waals surface area contributed by atoms with E-state index in [0.29, 0.717) is 29.9 Å². The van der Waals surface area contributed by atoms with Crippen molar-refractivity contribution in [2.75, 3.05) is 25.0 Å². The summed E-state index contributed by atoms with van der Waals surface area (Å²) in [5, 5.41) is 6.72. The highest BCUT2D eigenvalue weighted by molar-refractivity contribution is 7.08. The highest BCUT2D eigenvalue weighted by Gasteiger charge is 2.26. The summed E-state index contributed by atoms with van der Waals surface area (Å²) in [6, 6.07) is 14.6. The van der Waals surface area contributed by atoms with Crippen molar-refractivity contribution in [3.05, 3.63) is 87.4 Å². The Morgan fingerprint density at radius 2 is 2.07 bits per heavy atom. The van der Waals surface area contributed by atoms with Gasteiger partial charge in [0.1, 0.15) is 5.82 Å². The SMILES string of the molecule is Cc1ccc2c(c1)C(c1ccccc1F)=NCC(CNC(=O)c1ccsc1)N2C. The molecule has 0 spiro atoms. The maximum Gasteiger partial charge on any atom is 0.252 e. The van der Waals surface area contributed by atoms with Crippen LogP contribution in [0.5, 0.6) is 0 Å². The number of thiophene rings is 1. The standard InChI is InChI=1S/C23H22FN3OS/c1-15-7-8-21-19(11-15)22(18-5-3-4-6-20(18)24)25-12-17(27(21)2)13-26-23(28)16-9-10-29-14-16/h3-11,14,17H,12-13H2,1-2H3,(H,26,28). The zero-order valence-electron chi connectivity index (χ0n) is 16.4. The van der Waals surface area contributed by atoms with Crippen LogP contribution in [-0.2, 0) is 0 Å². The van der Waals surface area contributed by atoms with E-state index in [2.05, 4.69) is 10.2 Å². The summed E-state index contributed by atoms with van der Waals surface area (Å²) >= 11 is 1.50. The van der Waals surface area contributed by atoms with Crippen LogP contribution in [0.1, 0.15) is 27.0 Å². The molecule has 3 aromatic rings. The minimum atomic E-state index is -0.287. The molecule has 2 aromatic carbocycles. The summed E-state index contributed by atoms with van der Waals surface area (Å²) in [5.41, 5.74) is 4.79. The van der Waals surface area contributed by atoms with Gasteiger partial charge in [0, 0.05) is 41.4 Å². The number of halogens is 1. The number of likely N-dealkylation sites (N-methyl/N-ethyl adjacent to an activating group) is 1. The quantitative estimate of drug-likeness (QED) is 0.702. The first-order valence-electron chi connectivity index (χ1n) is 9.48. The van der Waals surface area contributed by atoms with Crippen LogP contribution in [0, 0.1) is 12.7 Å². The van der Waals surface area contributed by atoms with Crippen LogP contribution in [-0.4, -0.2) is 37.8 Å². The lowest BCUT2D eigenvalue weighted by molar-refractivity contribution is 0.0952. The van der Waals surface area contributed by atoms with E-state index >= 15 is 0 Å². The number of benzodiazepines with no additional fused rings is 1. The van der Waals surface area contributed by atoms with Gasteiger partial charge in [0.25, 0.3) is 5.91 Å². The zero-order valence-corrected chi connectivity index (χ0v) is 17.2. The highest BCUT2D eigenvalue weighted by atomic mass is 32.1. The van der Waals surface area contributed by atoms with Crippen molar-refractivity contribution in [3.63, 3.8) is 0 Å². The number of hydrogen-bond acceptors (Lipinski definition) is 4. The Kier molecular flexibility index (Phi) is 5.45. The van der Waals surface area contributed by atoms with Crippen molar-refractivity contribution in [2.45, 2.75) is 13.0 Å². The minimum Gasteiger partial charge on any atom is -0.367 e. The van der Waals surface area contributed by atoms with Crippen molar-refractivity contribution in [1.29, 1.82) is 0 Å². The lowest BCUT2D eigenvalue weighted by atomic mass is 9.98. The second kappa shape index (κ2) is 8.17. The van der Waals surface area contributed by atoms with Crippen LogP contribution in [0.25, 0.3) is 0 Å². The fraction of sp³-hybridized carbons (Fsp3) is 0.217. The maximum atomic E-state index is 14.6. The Morgan fingerprint density at radius 3 is 2.83 bits per heavy atom. The predicted molar refractivity (Wildman–Crippen MR) is 117 cm³/mol. The molecule has 29 heavy (non-hydrogen) atoms. The number of aryl methyl sites for hydroxylation is 1. The molecule has 1 aliphatic heterocycles. The Hall–Kier alpha value is -2.99. The molecule has 0 fully saturated rings. The molecule has 1 amide bonds. The number of carbonyl (C=O) groups is 1. The number of nitrogens with one attached hydrogen (secondary N) is 1. The molecule has 1 N–H and O–H groups in total. The molecule has 0 saturated heterocycles. The molecule has 0 radical (unpaired) electrons. The summed E-state index contributed by atoms with van der Waals surface area (Å²) in [6.07, 6.45) is 0. The molecular weight excluding hydrogens is 385 g/mol. The van der Waals surface area contributed by atoms with Gasteiger partial charge in [-0.3, -0.25) is 9.79 Å². The number of aliphatic imine (C=N–C) groups is 1. The molecule has 0 saturated carbocycles. The molecule has 1 unspecified atom stereocenters. The lowest BCUT2D eigenvalue weighted by Crippen LogP contribution is -2.43. The molecule has 1 aliphatic rings. The van der Waals surface area contributed by atoms with Gasteiger partial charge in [-0.25, -0.2) is 4.39 Å². The van der Waals surface area contributed by atoms with Crippen LogP contribution in [0.4, 0.5) is 10.1 Å². The minimum absolute atomic E-state index is 0.0386. The number of carbonyl (C=O) groups excluding carboxylic acids is 1. The summed E-state index contributed by atoms with van der Waals surface area (Å²) in [5.74, 6) is -0.378. The third-order valence-electron chi connectivity index (χ3n) is 5.21. The van der Waals surface area contributed by atoms with Gasteiger partial charge < -0.3 is 10.2 Å². The van der Waals surface area contributed by atoms with Crippen LogP contribution >= 0.6 is 11.3 Å². The van der Waals surface area contributed by atoms with E-state index in [1.54, 1.807) is 12.1 Å². The summed E-state index contributed by atoms with van der Waals surface area (Å²) in [4.78, 5) is 19.3. The zero-order chi connectivity index (χ0) is 20.4. The van der Waals surface area contributed by atoms with Gasteiger partial charge in [-0.05, 0) is 42.6 Å². The van der Waals surface area contributed by atoms with Gasteiger partial charge in [0.15, 0.2) is 0 Å².